The summed E-state index contributed by atoms with van der Waals surface area (Å²) in [6, 6.07) is 5.73. The third kappa shape index (κ3) is 3.54. The highest BCUT2D eigenvalue weighted by Gasteiger charge is 2.29. The Balaban J connectivity index is 1.34. The van der Waals surface area contributed by atoms with Gasteiger partial charge in [-0.2, -0.15) is 5.10 Å². The van der Waals surface area contributed by atoms with Crippen LogP contribution in [0.2, 0.25) is 0 Å². The molecule has 134 valence electrons. The van der Waals surface area contributed by atoms with Crippen molar-refractivity contribution in [3.8, 4) is 10.6 Å². The fraction of sp³-hybridized carbons (Fsp3) is 0.294. The summed E-state index contributed by atoms with van der Waals surface area (Å²) in [6.45, 7) is 1.10. The molecule has 9 heteroatoms. The zero-order chi connectivity index (χ0) is 17.9. The maximum atomic E-state index is 12.7. The molecule has 3 aromatic rings. The van der Waals surface area contributed by atoms with E-state index in [9.17, 15) is 9.59 Å². The number of carbonyl (C=O) groups is 2. The van der Waals surface area contributed by atoms with Crippen molar-refractivity contribution in [1.82, 2.24) is 20.1 Å². The molecule has 4 rings (SSSR count). The maximum Gasteiger partial charge on any atom is 0.274 e. The van der Waals surface area contributed by atoms with E-state index in [2.05, 4.69) is 20.5 Å². The molecule has 1 saturated heterocycles. The molecule has 2 amide bonds. The van der Waals surface area contributed by atoms with Crippen LogP contribution in [-0.4, -0.2) is 45.0 Å². The van der Waals surface area contributed by atoms with Crippen molar-refractivity contribution in [3.63, 3.8) is 0 Å². The lowest BCUT2D eigenvalue weighted by Gasteiger charge is -2.30. The van der Waals surface area contributed by atoms with Crippen molar-refractivity contribution < 1.29 is 9.59 Å². The van der Waals surface area contributed by atoms with Crippen molar-refractivity contribution in [2.45, 2.75) is 12.8 Å². The third-order valence-electron chi connectivity index (χ3n) is 4.40. The molecule has 1 aliphatic rings. The summed E-state index contributed by atoms with van der Waals surface area (Å²) in [5, 5.41) is 14.3. The quantitative estimate of drug-likeness (QED) is 0.720. The highest BCUT2D eigenvalue weighted by Crippen LogP contribution is 2.25. The monoisotopic (exact) mass is 387 g/mol. The van der Waals surface area contributed by atoms with Crippen molar-refractivity contribution in [1.29, 1.82) is 0 Å². The van der Waals surface area contributed by atoms with Crippen LogP contribution in [0.25, 0.3) is 10.6 Å². The summed E-state index contributed by atoms with van der Waals surface area (Å²) in [6.07, 6.45) is 2.95. The number of thiophene rings is 1. The van der Waals surface area contributed by atoms with Gasteiger partial charge in [0, 0.05) is 30.6 Å². The minimum absolute atomic E-state index is 0.0215. The number of aromatic nitrogens is 3. The largest absolute Gasteiger partial charge is 0.337 e. The number of nitrogens with zero attached hydrogens (tertiary/aromatic N) is 3. The number of likely N-dealkylation sites (tertiary alicyclic amines) is 1. The normalized spacial score (nSPS) is 15.2. The Morgan fingerprint density at radius 3 is 2.77 bits per heavy atom. The molecule has 3 aromatic heterocycles. The van der Waals surface area contributed by atoms with E-state index in [-0.39, 0.29) is 17.7 Å². The first-order chi connectivity index (χ1) is 12.7. The minimum Gasteiger partial charge on any atom is -0.337 e. The number of hydrogen-bond donors (Lipinski definition) is 2. The van der Waals surface area contributed by atoms with Gasteiger partial charge in [0.2, 0.25) is 5.91 Å². The van der Waals surface area contributed by atoms with Crippen LogP contribution in [-0.2, 0) is 4.79 Å². The number of H-pyrrole nitrogens is 1. The first-order valence-corrected chi connectivity index (χ1v) is 10.1. The van der Waals surface area contributed by atoms with Crippen LogP contribution in [0, 0.1) is 5.92 Å². The lowest BCUT2D eigenvalue weighted by molar-refractivity contribution is -0.121. The molecule has 1 fully saturated rings. The number of rotatable bonds is 4. The van der Waals surface area contributed by atoms with E-state index in [0.29, 0.717) is 36.8 Å². The summed E-state index contributed by atoms with van der Waals surface area (Å²) in [5.74, 6) is -0.210. The number of hydrogen-bond acceptors (Lipinski definition) is 6. The Hall–Kier alpha value is -2.52. The molecule has 0 aliphatic carbocycles. The van der Waals surface area contributed by atoms with Gasteiger partial charge < -0.3 is 10.2 Å². The second-order valence-corrected chi connectivity index (χ2v) is 7.88. The van der Waals surface area contributed by atoms with Gasteiger partial charge in [-0.15, -0.1) is 22.7 Å². The fourth-order valence-electron chi connectivity index (χ4n) is 2.99. The summed E-state index contributed by atoms with van der Waals surface area (Å²) in [7, 11) is 0. The highest BCUT2D eigenvalue weighted by molar-refractivity contribution is 7.14. The first-order valence-electron chi connectivity index (χ1n) is 8.29. The van der Waals surface area contributed by atoms with Gasteiger partial charge in [0.05, 0.1) is 10.6 Å². The second kappa shape index (κ2) is 7.38. The van der Waals surface area contributed by atoms with Crippen LogP contribution in [0.15, 0.2) is 35.2 Å². The second-order valence-electron chi connectivity index (χ2n) is 6.04. The number of amides is 2. The average molecular weight is 387 g/mol. The molecule has 4 heterocycles. The topological polar surface area (TPSA) is 91.0 Å². The van der Waals surface area contributed by atoms with E-state index in [0.717, 1.165) is 10.6 Å². The van der Waals surface area contributed by atoms with Crippen LogP contribution in [0.3, 0.4) is 0 Å². The number of nitrogens with one attached hydrogen (secondary N) is 2. The number of piperidine rings is 1. The first kappa shape index (κ1) is 16.9. The molecule has 1 aliphatic heterocycles. The zero-order valence-corrected chi connectivity index (χ0v) is 15.5. The van der Waals surface area contributed by atoms with Crippen LogP contribution in [0.4, 0.5) is 5.13 Å². The van der Waals surface area contributed by atoms with Gasteiger partial charge >= 0.3 is 0 Å². The predicted octanol–water partition coefficient (Wildman–Crippen LogP) is 3.09. The van der Waals surface area contributed by atoms with Crippen molar-refractivity contribution in [3.05, 3.63) is 40.8 Å². The molecule has 0 radical (unpaired) electrons. The molecule has 0 bridgehead atoms. The van der Waals surface area contributed by atoms with Crippen LogP contribution >= 0.6 is 22.7 Å². The molecule has 26 heavy (non-hydrogen) atoms. The molecule has 2 N–H and O–H groups in total. The minimum atomic E-state index is -0.0946. The number of aromatic amines is 1. The molecule has 0 spiro atoms. The van der Waals surface area contributed by atoms with E-state index in [4.69, 9.17) is 0 Å². The van der Waals surface area contributed by atoms with Crippen LogP contribution < -0.4 is 5.32 Å². The van der Waals surface area contributed by atoms with Gasteiger partial charge in [0.1, 0.15) is 0 Å². The van der Waals surface area contributed by atoms with Crippen molar-refractivity contribution in [2.24, 2.45) is 5.92 Å². The van der Waals surface area contributed by atoms with Gasteiger partial charge in [-0.3, -0.25) is 14.7 Å². The standard InChI is InChI=1S/C17H17N5O2S2/c23-15(19-17-18-5-9-26-17)11-3-6-22(7-4-11)16(24)13-10-12(20-21-13)14-2-1-8-25-14/h1-2,5,8-11H,3-4,6-7H2,(H,20,21)(H,18,19,23). The highest BCUT2D eigenvalue weighted by atomic mass is 32.1. The molecule has 0 saturated carbocycles. The van der Waals surface area contributed by atoms with E-state index in [1.54, 1.807) is 28.5 Å². The predicted molar refractivity (Wildman–Crippen MR) is 101 cm³/mol. The number of carbonyl (C=O) groups excluding carboxylic acids is 2. The van der Waals surface area contributed by atoms with Crippen LogP contribution in [0.5, 0.6) is 0 Å². The Bertz CT molecular complexity index is 880. The number of thiazole rings is 1. The Kier molecular flexibility index (Phi) is 4.81. The fourth-order valence-corrected chi connectivity index (χ4v) is 4.21. The summed E-state index contributed by atoms with van der Waals surface area (Å²) < 4.78 is 0. The van der Waals surface area contributed by atoms with Gasteiger partial charge in [-0.25, -0.2) is 4.98 Å². The number of anilines is 1. The van der Waals surface area contributed by atoms with Crippen molar-refractivity contribution >= 4 is 39.6 Å². The van der Waals surface area contributed by atoms with Crippen LogP contribution in [0.1, 0.15) is 23.3 Å². The summed E-state index contributed by atoms with van der Waals surface area (Å²) in [4.78, 5) is 31.8. The van der Waals surface area contributed by atoms with Gasteiger partial charge in [0.25, 0.3) is 5.91 Å². The maximum absolute atomic E-state index is 12.7. The summed E-state index contributed by atoms with van der Waals surface area (Å²) in [5.41, 5.74) is 1.26. The molecular formula is C17H17N5O2S2. The Morgan fingerprint density at radius 1 is 1.23 bits per heavy atom. The lowest BCUT2D eigenvalue weighted by Crippen LogP contribution is -2.41. The zero-order valence-electron chi connectivity index (χ0n) is 13.8. The van der Waals surface area contributed by atoms with Gasteiger partial charge in [-0.05, 0) is 30.4 Å². The Morgan fingerprint density at radius 2 is 2.08 bits per heavy atom. The molecule has 7 nitrogen and oxygen atoms in total. The lowest BCUT2D eigenvalue weighted by atomic mass is 9.96. The van der Waals surface area contributed by atoms with E-state index >= 15 is 0 Å². The Labute approximate surface area is 158 Å². The van der Waals surface area contributed by atoms with E-state index in [1.165, 1.54) is 11.3 Å². The SMILES string of the molecule is O=C(Nc1nccs1)C1CCN(C(=O)c2cc(-c3cccs3)[nH]n2)CC1. The molecule has 0 aromatic carbocycles. The average Bonchev–Trinajstić information content (AvgIpc) is 3.42. The molecule has 0 unspecified atom stereocenters. The molecular weight excluding hydrogens is 370 g/mol. The smallest absolute Gasteiger partial charge is 0.274 e. The van der Waals surface area contributed by atoms with Gasteiger partial charge in [0.15, 0.2) is 10.8 Å². The van der Waals surface area contributed by atoms with E-state index in [1.807, 2.05) is 22.9 Å². The molecule has 0 atom stereocenters. The summed E-state index contributed by atoms with van der Waals surface area (Å²) >= 11 is 3.00. The third-order valence-corrected chi connectivity index (χ3v) is 5.99. The van der Waals surface area contributed by atoms with Crippen molar-refractivity contribution in [2.75, 3.05) is 18.4 Å². The van der Waals surface area contributed by atoms with E-state index < -0.39 is 0 Å². The van der Waals surface area contributed by atoms with Gasteiger partial charge in [-0.1, -0.05) is 6.07 Å².